The predicted octanol–water partition coefficient (Wildman–Crippen LogP) is 6.27. The number of fused-ring (bicyclic) bond motifs is 1. The van der Waals surface area contributed by atoms with Gasteiger partial charge in [0.1, 0.15) is 35.2 Å². The van der Waals surface area contributed by atoms with E-state index >= 15 is 0 Å². The molecule has 2 aromatic heterocycles. The van der Waals surface area contributed by atoms with Crippen LogP contribution >= 0.6 is 0 Å². The molecule has 4 aromatic rings. The van der Waals surface area contributed by atoms with Gasteiger partial charge in [0.2, 0.25) is 0 Å². The Morgan fingerprint density at radius 1 is 1.14 bits per heavy atom. The van der Waals surface area contributed by atoms with Gasteiger partial charge in [-0.05, 0) is 37.0 Å². The monoisotopic (exact) mass is 501 g/mol. The van der Waals surface area contributed by atoms with Gasteiger partial charge < -0.3 is 20.9 Å². The highest BCUT2D eigenvalue weighted by Gasteiger charge is 2.24. The third-order valence-corrected chi connectivity index (χ3v) is 6.46. The van der Waals surface area contributed by atoms with Gasteiger partial charge in [0.15, 0.2) is 0 Å². The third-order valence-electron chi connectivity index (χ3n) is 6.46. The molecule has 37 heavy (non-hydrogen) atoms. The zero-order valence-electron chi connectivity index (χ0n) is 21.3. The molecular weight excluding hydrogens is 466 g/mol. The second kappa shape index (κ2) is 12.8. The summed E-state index contributed by atoms with van der Waals surface area (Å²) in [5, 5.41) is 10.1. The topological polar surface area (TPSA) is 115 Å². The highest BCUT2D eigenvalue weighted by atomic mass is 16.5. The van der Waals surface area contributed by atoms with Gasteiger partial charge in [0, 0.05) is 30.4 Å². The lowest BCUT2D eigenvalue weighted by Crippen LogP contribution is -2.20. The van der Waals surface area contributed by atoms with Crippen LogP contribution in [0, 0.1) is 0 Å². The van der Waals surface area contributed by atoms with Gasteiger partial charge in [-0.15, -0.1) is 0 Å². The Balaban J connectivity index is 0.000000405. The second-order valence-corrected chi connectivity index (χ2v) is 9.22. The number of benzene rings is 2. The van der Waals surface area contributed by atoms with Crippen LogP contribution in [0.4, 0.5) is 10.6 Å². The molecule has 0 spiro atoms. The number of nitrogen functional groups attached to an aromatic ring is 1. The Morgan fingerprint density at radius 2 is 1.92 bits per heavy atom. The molecule has 0 bridgehead atoms. The molecular formula is C29H35N5O3. The Bertz CT molecular complexity index is 1300. The molecule has 1 saturated carbocycles. The Morgan fingerprint density at radius 3 is 2.62 bits per heavy atom. The molecule has 1 fully saturated rings. The van der Waals surface area contributed by atoms with E-state index in [4.69, 9.17) is 20.6 Å². The van der Waals surface area contributed by atoms with Crippen LogP contribution in [0.2, 0.25) is 0 Å². The number of anilines is 1. The summed E-state index contributed by atoms with van der Waals surface area (Å²) in [6.45, 7) is 3.00. The van der Waals surface area contributed by atoms with Gasteiger partial charge in [0.25, 0.3) is 0 Å². The number of amides is 1. The molecule has 0 saturated heterocycles. The van der Waals surface area contributed by atoms with Crippen molar-refractivity contribution in [1.82, 2.24) is 19.7 Å². The summed E-state index contributed by atoms with van der Waals surface area (Å²) in [5.41, 5.74) is 10.2. The average Bonchev–Trinajstić information content (AvgIpc) is 3.33. The normalized spacial score (nSPS) is 13.5. The average molecular weight is 502 g/mol. The Kier molecular flexibility index (Phi) is 8.97. The molecule has 4 N–H and O–H groups in total. The molecule has 2 heterocycles. The summed E-state index contributed by atoms with van der Waals surface area (Å²) in [4.78, 5) is 19.1. The summed E-state index contributed by atoms with van der Waals surface area (Å²) < 4.78 is 8.18. The van der Waals surface area contributed by atoms with Crippen molar-refractivity contribution in [3.8, 4) is 17.0 Å². The number of nitrogens with two attached hydrogens (primary N) is 1. The smallest absolute Gasteiger partial charge is 0.404 e. The fourth-order valence-corrected chi connectivity index (χ4v) is 4.64. The van der Waals surface area contributed by atoms with Crippen LogP contribution in [0.3, 0.4) is 0 Å². The number of ether oxygens (including phenoxy) is 1. The molecule has 2 aromatic carbocycles. The lowest BCUT2D eigenvalue weighted by Gasteiger charge is -2.20. The maximum atomic E-state index is 9.65. The van der Waals surface area contributed by atoms with Crippen molar-refractivity contribution >= 4 is 17.4 Å². The van der Waals surface area contributed by atoms with E-state index in [2.05, 4.69) is 32.9 Å². The van der Waals surface area contributed by atoms with Crippen molar-refractivity contribution in [2.45, 2.75) is 58.0 Å². The molecule has 0 unspecified atom stereocenters. The van der Waals surface area contributed by atoms with Gasteiger partial charge in [-0.2, -0.15) is 0 Å². The zero-order chi connectivity index (χ0) is 26.0. The van der Waals surface area contributed by atoms with Gasteiger partial charge in [-0.25, -0.2) is 14.8 Å². The van der Waals surface area contributed by atoms with E-state index in [9.17, 15) is 4.79 Å². The molecule has 5 rings (SSSR count). The van der Waals surface area contributed by atoms with Crippen LogP contribution in [-0.2, 0) is 6.61 Å². The minimum absolute atomic E-state index is 0.472. The number of carbonyl (C=O) groups is 1. The van der Waals surface area contributed by atoms with Crippen molar-refractivity contribution in [1.29, 1.82) is 0 Å². The molecule has 194 valence electrons. The first-order chi connectivity index (χ1) is 18.1. The summed E-state index contributed by atoms with van der Waals surface area (Å²) in [7, 11) is 0. The van der Waals surface area contributed by atoms with Crippen molar-refractivity contribution in [2.24, 2.45) is 0 Å². The second-order valence-electron chi connectivity index (χ2n) is 9.22. The summed E-state index contributed by atoms with van der Waals surface area (Å²) in [5.74, 6) is 2.90. The van der Waals surface area contributed by atoms with E-state index in [1.807, 2.05) is 49.5 Å². The minimum Gasteiger partial charge on any atom is -0.489 e. The number of nitrogens with zero attached hydrogens (tertiary/aromatic N) is 3. The fraction of sp³-hybridized carbons (Fsp3) is 0.345. The molecule has 1 aliphatic carbocycles. The summed E-state index contributed by atoms with van der Waals surface area (Å²) in [6, 6.07) is 18.3. The zero-order valence-corrected chi connectivity index (χ0v) is 21.3. The molecule has 0 radical (unpaired) electrons. The van der Waals surface area contributed by atoms with E-state index in [0.717, 1.165) is 40.3 Å². The number of hydrogen-bond donors (Lipinski definition) is 3. The molecule has 0 aliphatic heterocycles. The van der Waals surface area contributed by atoms with Crippen molar-refractivity contribution in [3.63, 3.8) is 0 Å². The van der Waals surface area contributed by atoms with E-state index in [1.165, 1.54) is 32.1 Å². The van der Waals surface area contributed by atoms with Crippen molar-refractivity contribution in [2.75, 3.05) is 12.3 Å². The first-order valence-corrected chi connectivity index (χ1v) is 12.9. The molecule has 0 atom stereocenters. The third kappa shape index (κ3) is 6.78. The quantitative estimate of drug-likeness (QED) is 0.275. The first-order valence-electron chi connectivity index (χ1n) is 12.9. The van der Waals surface area contributed by atoms with Gasteiger partial charge in [-0.1, -0.05) is 68.7 Å². The van der Waals surface area contributed by atoms with Crippen LogP contribution < -0.4 is 15.8 Å². The maximum Gasteiger partial charge on any atom is 0.404 e. The lowest BCUT2D eigenvalue weighted by atomic mass is 9.89. The van der Waals surface area contributed by atoms with Crippen LogP contribution in [-0.4, -0.2) is 32.1 Å². The summed E-state index contributed by atoms with van der Waals surface area (Å²) >= 11 is 0. The van der Waals surface area contributed by atoms with Crippen molar-refractivity contribution < 1.29 is 14.6 Å². The number of aromatic nitrogens is 3. The first kappa shape index (κ1) is 26.0. The van der Waals surface area contributed by atoms with Gasteiger partial charge in [0.05, 0.1) is 0 Å². The minimum atomic E-state index is -0.943. The summed E-state index contributed by atoms with van der Waals surface area (Å²) in [6.07, 6.45) is 9.87. The number of hydrogen-bond acceptors (Lipinski definition) is 5. The van der Waals surface area contributed by atoms with E-state index in [0.29, 0.717) is 24.9 Å². The van der Waals surface area contributed by atoms with E-state index in [1.54, 1.807) is 6.20 Å². The van der Waals surface area contributed by atoms with Crippen LogP contribution in [0.1, 0.15) is 62.8 Å². The SMILES string of the molecule is CCCNC(=O)O.Nc1nccn2c(C3CCCCC3)nc(-c3cccc(OCc4ccccc4)c3)c12. The fourth-order valence-electron chi connectivity index (χ4n) is 4.64. The number of nitrogens with one attached hydrogen (secondary N) is 1. The number of imidazole rings is 1. The maximum absolute atomic E-state index is 9.65. The standard InChI is InChI=1S/C25H26N4O.C4H9NO2/c26-24-23-22(28-25(29(23)15-14-27-24)19-10-5-2-6-11-19)20-12-7-13-21(16-20)30-17-18-8-3-1-4-9-18;1-2-3-5-4(6)7/h1,3-4,7-9,12-16,19H,2,5-6,10-11,17H2,(H2,26,27);5H,2-3H2,1H3,(H,6,7). The van der Waals surface area contributed by atoms with E-state index < -0.39 is 6.09 Å². The van der Waals surface area contributed by atoms with Crippen LogP contribution in [0.5, 0.6) is 5.75 Å². The van der Waals surface area contributed by atoms with Crippen LogP contribution in [0.15, 0.2) is 67.0 Å². The highest BCUT2D eigenvalue weighted by molar-refractivity contribution is 5.85. The number of carboxylic acid groups (broad SMARTS) is 1. The molecule has 8 heteroatoms. The van der Waals surface area contributed by atoms with Gasteiger partial charge in [-0.3, -0.25) is 4.40 Å². The largest absolute Gasteiger partial charge is 0.489 e. The lowest BCUT2D eigenvalue weighted by molar-refractivity contribution is 0.194. The molecule has 1 amide bonds. The van der Waals surface area contributed by atoms with Crippen molar-refractivity contribution in [3.05, 3.63) is 78.4 Å². The number of rotatable bonds is 7. The van der Waals surface area contributed by atoms with Gasteiger partial charge >= 0.3 is 6.09 Å². The highest BCUT2D eigenvalue weighted by Crippen LogP contribution is 2.37. The predicted molar refractivity (Wildman–Crippen MR) is 146 cm³/mol. The van der Waals surface area contributed by atoms with Crippen LogP contribution in [0.25, 0.3) is 16.8 Å². The molecule has 8 nitrogen and oxygen atoms in total. The van der Waals surface area contributed by atoms with E-state index in [-0.39, 0.29) is 0 Å². The molecule has 1 aliphatic rings. The Hall–Kier alpha value is -4.07. The Labute approximate surface area is 217 Å².